The number of guanidine groups is 1. The Morgan fingerprint density at radius 3 is 2.52 bits per heavy atom. The summed E-state index contributed by atoms with van der Waals surface area (Å²) in [5, 5.41) is 6.79. The predicted molar refractivity (Wildman–Crippen MR) is 112 cm³/mol. The van der Waals surface area contributed by atoms with Crippen LogP contribution in [-0.4, -0.2) is 70.5 Å². The number of nitrogens with zero attached hydrogens (tertiary/aromatic N) is 2. The zero-order chi connectivity index (χ0) is 19.9. The van der Waals surface area contributed by atoms with E-state index in [1.807, 2.05) is 12.1 Å². The van der Waals surface area contributed by atoms with Crippen molar-refractivity contribution in [2.45, 2.75) is 25.9 Å². The summed E-state index contributed by atoms with van der Waals surface area (Å²) < 4.78 is 17.1. The van der Waals surface area contributed by atoms with Gasteiger partial charge in [-0.3, -0.25) is 9.89 Å². The molecule has 0 aromatic heterocycles. The first-order valence-corrected chi connectivity index (χ1v) is 9.88. The van der Waals surface area contributed by atoms with E-state index < -0.39 is 0 Å². The lowest BCUT2D eigenvalue weighted by molar-refractivity contribution is -0.00834. The summed E-state index contributed by atoms with van der Waals surface area (Å²) in [6.07, 6.45) is 0. The van der Waals surface area contributed by atoms with Crippen LogP contribution in [0, 0.1) is 0 Å². The van der Waals surface area contributed by atoms with E-state index in [0.717, 1.165) is 48.8 Å². The molecule has 1 aromatic carbocycles. The van der Waals surface area contributed by atoms with E-state index in [4.69, 9.17) is 14.2 Å². The normalized spacial score (nSPS) is 16.1. The molecule has 7 nitrogen and oxygen atoms in total. The van der Waals surface area contributed by atoms with Crippen LogP contribution in [0.25, 0.3) is 0 Å². The van der Waals surface area contributed by atoms with Crippen LogP contribution < -0.4 is 20.1 Å². The van der Waals surface area contributed by atoms with E-state index in [-0.39, 0.29) is 5.54 Å². The number of hydrogen-bond acceptors (Lipinski definition) is 5. The largest absolute Gasteiger partial charge is 0.493 e. The Morgan fingerprint density at radius 2 is 1.93 bits per heavy atom. The summed E-state index contributed by atoms with van der Waals surface area (Å²) in [4.78, 5) is 6.78. The predicted octanol–water partition coefficient (Wildman–Crippen LogP) is 2.24. The Labute approximate surface area is 170 Å². The molecule has 1 aliphatic rings. The Morgan fingerprint density at radius 1 is 1.22 bits per heavy atom. The molecule has 27 heavy (non-hydrogen) atoms. The van der Waals surface area contributed by atoms with Crippen molar-refractivity contribution >= 4 is 21.9 Å². The molecule has 0 bridgehead atoms. The maximum atomic E-state index is 5.45. The van der Waals surface area contributed by atoms with E-state index >= 15 is 0 Å². The molecule has 0 atom stereocenters. The van der Waals surface area contributed by atoms with Gasteiger partial charge < -0.3 is 24.8 Å². The third-order valence-corrected chi connectivity index (χ3v) is 5.32. The summed E-state index contributed by atoms with van der Waals surface area (Å²) in [7, 11) is 5.04. The number of halogens is 1. The minimum Gasteiger partial charge on any atom is -0.493 e. The lowest BCUT2D eigenvalue weighted by Gasteiger charge is -2.41. The third kappa shape index (κ3) is 5.99. The SMILES string of the molecule is CN=C(NCc1cc(Br)c(OC)c(OC)c1)NCC(C)(C)N1CCOCC1. The second-order valence-electron chi connectivity index (χ2n) is 7.00. The standard InChI is InChI=1S/C19H31BrN4O3/c1-19(2,24-6-8-27-9-7-24)13-23-18(21-3)22-12-14-10-15(20)17(26-5)16(11-14)25-4/h10-11H,6-9,12-13H2,1-5H3,(H2,21,22,23). The van der Waals surface area contributed by atoms with E-state index in [1.54, 1.807) is 21.3 Å². The smallest absolute Gasteiger partial charge is 0.191 e. The highest BCUT2D eigenvalue weighted by Gasteiger charge is 2.28. The molecule has 1 fully saturated rings. The summed E-state index contributed by atoms with van der Waals surface area (Å²) in [5.74, 6) is 2.15. The van der Waals surface area contributed by atoms with E-state index in [9.17, 15) is 0 Å². The van der Waals surface area contributed by atoms with Crippen molar-refractivity contribution in [1.82, 2.24) is 15.5 Å². The molecule has 0 amide bonds. The average molecular weight is 443 g/mol. The van der Waals surface area contributed by atoms with Crippen LogP contribution >= 0.6 is 15.9 Å². The van der Waals surface area contributed by atoms with Crippen molar-refractivity contribution in [3.8, 4) is 11.5 Å². The zero-order valence-electron chi connectivity index (χ0n) is 16.9. The second-order valence-corrected chi connectivity index (χ2v) is 7.86. The van der Waals surface area contributed by atoms with Crippen LogP contribution in [0.3, 0.4) is 0 Å². The Hall–Kier alpha value is -1.51. The zero-order valence-corrected chi connectivity index (χ0v) is 18.5. The van der Waals surface area contributed by atoms with E-state index in [2.05, 4.69) is 50.3 Å². The topological polar surface area (TPSA) is 67.4 Å². The molecule has 0 unspecified atom stereocenters. The van der Waals surface area contributed by atoms with Crippen LogP contribution in [-0.2, 0) is 11.3 Å². The first-order valence-electron chi connectivity index (χ1n) is 9.09. The van der Waals surface area contributed by atoms with Crippen LogP contribution in [0.15, 0.2) is 21.6 Å². The van der Waals surface area contributed by atoms with Gasteiger partial charge in [0.1, 0.15) is 0 Å². The Balaban J connectivity index is 1.93. The van der Waals surface area contributed by atoms with Gasteiger partial charge in [-0.05, 0) is 47.5 Å². The molecule has 152 valence electrons. The van der Waals surface area contributed by atoms with E-state index in [1.165, 1.54) is 0 Å². The Bertz CT molecular complexity index is 646. The lowest BCUT2D eigenvalue weighted by Crippen LogP contribution is -2.56. The number of hydrogen-bond donors (Lipinski definition) is 2. The number of ether oxygens (including phenoxy) is 3. The number of nitrogens with one attached hydrogen (secondary N) is 2. The van der Waals surface area contributed by atoms with Gasteiger partial charge in [-0.1, -0.05) is 0 Å². The molecule has 0 aliphatic carbocycles. The van der Waals surface area contributed by atoms with E-state index in [0.29, 0.717) is 18.0 Å². The molecule has 1 saturated heterocycles. The first kappa shape index (κ1) is 21.8. The number of morpholine rings is 1. The fourth-order valence-corrected chi connectivity index (χ4v) is 3.71. The number of rotatable bonds is 7. The van der Waals surface area contributed by atoms with Crippen LogP contribution in [0.5, 0.6) is 11.5 Å². The van der Waals surface area contributed by atoms with Crippen molar-refractivity contribution in [3.05, 3.63) is 22.2 Å². The van der Waals surface area contributed by atoms with Crippen LogP contribution in [0.1, 0.15) is 19.4 Å². The fourth-order valence-electron chi connectivity index (χ4n) is 3.06. The lowest BCUT2D eigenvalue weighted by atomic mass is 10.0. The highest BCUT2D eigenvalue weighted by molar-refractivity contribution is 9.10. The quantitative estimate of drug-likeness (QED) is 0.498. The minimum atomic E-state index is 0.0216. The van der Waals surface area contributed by atoms with Crippen molar-refractivity contribution < 1.29 is 14.2 Å². The molecular formula is C19H31BrN4O3. The molecule has 2 N–H and O–H groups in total. The summed E-state index contributed by atoms with van der Waals surface area (Å²) >= 11 is 3.53. The maximum Gasteiger partial charge on any atom is 0.191 e. The van der Waals surface area contributed by atoms with Gasteiger partial charge in [-0.15, -0.1) is 0 Å². The van der Waals surface area contributed by atoms with Crippen molar-refractivity contribution in [2.24, 2.45) is 4.99 Å². The van der Waals surface area contributed by atoms with Gasteiger partial charge in [0, 0.05) is 38.8 Å². The van der Waals surface area contributed by atoms with Gasteiger partial charge in [-0.25, -0.2) is 0 Å². The van der Waals surface area contributed by atoms with Crippen LogP contribution in [0.4, 0.5) is 0 Å². The molecule has 1 aliphatic heterocycles. The summed E-state index contributed by atoms with van der Waals surface area (Å²) in [5.41, 5.74) is 1.09. The van der Waals surface area contributed by atoms with Gasteiger partial charge >= 0.3 is 0 Å². The molecule has 0 saturated carbocycles. The van der Waals surface area contributed by atoms with Gasteiger partial charge in [0.2, 0.25) is 0 Å². The van der Waals surface area contributed by atoms with Gasteiger partial charge in [0.25, 0.3) is 0 Å². The van der Waals surface area contributed by atoms with Crippen molar-refractivity contribution in [2.75, 3.05) is 54.1 Å². The Kier molecular flexibility index (Phi) is 8.19. The molecular weight excluding hydrogens is 412 g/mol. The second kappa shape index (κ2) is 10.1. The molecule has 1 heterocycles. The highest BCUT2D eigenvalue weighted by Crippen LogP contribution is 2.36. The maximum absolute atomic E-state index is 5.45. The third-order valence-electron chi connectivity index (χ3n) is 4.73. The molecule has 2 rings (SSSR count). The van der Waals surface area contributed by atoms with Crippen molar-refractivity contribution in [1.29, 1.82) is 0 Å². The summed E-state index contributed by atoms with van der Waals surface area (Å²) in [6, 6.07) is 3.97. The van der Waals surface area contributed by atoms with Gasteiger partial charge in [-0.2, -0.15) is 0 Å². The van der Waals surface area contributed by atoms with Gasteiger partial charge in [0.15, 0.2) is 17.5 Å². The highest BCUT2D eigenvalue weighted by atomic mass is 79.9. The summed E-state index contributed by atoms with van der Waals surface area (Å²) in [6.45, 7) is 9.41. The number of aliphatic imine (C=N–C) groups is 1. The molecule has 0 radical (unpaired) electrons. The molecule has 1 aromatic rings. The molecule has 8 heteroatoms. The number of methoxy groups -OCH3 is 2. The fraction of sp³-hybridized carbons (Fsp3) is 0.632. The number of benzene rings is 1. The average Bonchev–Trinajstić information content (AvgIpc) is 2.68. The minimum absolute atomic E-state index is 0.0216. The van der Waals surface area contributed by atoms with Crippen LogP contribution in [0.2, 0.25) is 0 Å². The van der Waals surface area contributed by atoms with Gasteiger partial charge in [0.05, 0.1) is 31.9 Å². The monoisotopic (exact) mass is 442 g/mol. The van der Waals surface area contributed by atoms with Crippen molar-refractivity contribution in [3.63, 3.8) is 0 Å². The first-order chi connectivity index (χ1) is 12.9. The molecule has 0 spiro atoms.